The molecule has 1 aromatic heterocycles. The number of nitrogens with one attached hydrogen (secondary N) is 1. The second-order valence-corrected chi connectivity index (χ2v) is 7.53. The highest BCUT2D eigenvalue weighted by Gasteiger charge is 2.18. The van der Waals surface area contributed by atoms with Crippen molar-refractivity contribution in [3.8, 4) is 17.2 Å². The fraction of sp³-hybridized carbons (Fsp3) is 0.238. The summed E-state index contributed by atoms with van der Waals surface area (Å²) in [6, 6.07) is 11.3. The lowest BCUT2D eigenvalue weighted by atomic mass is 10.1. The number of rotatable bonds is 4. The molecule has 0 spiro atoms. The van der Waals surface area contributed by atoms with Crippen LogP contribution in [0.1, 0.15) is 26.3 Å². The Morgan fingerprint density at radius 1 is 1.14 bits per heavy atom. The van der Waals surface area contributed by atoms with Crippen LogP contribution in [0, 0.1) is 17.0 Å². The van der Waals surface area contributed by atoms with Crippen LogP contribution in [-0.4, -0.2) is 21.5 Å². The molecular weight excluding hydrogens is 374 g/mol. The van der Waals surface area contributed by atoms with Crippen LogP contribution in [0.3, 0.4) is 0 Å². The van der Waals surface area contributed by atoms with Gasteiger partial charge in [-0.05, 0) is 51.5 Å². The van der Waals surface area contributed by atoms with Crippen molar-refractivity contribution in [2.24, 2.45) is 0 Å². The first-order chi connectivity index (χ1) is 13.6. The van der Waals surface area contributed by atoms with Gasteiger partial charge < -0.3 is 14.8 Å². The van der Waals surface area contributed by atoms with Crippen molar-refractivity contribution >= 4 is 22.7 Å². The average molecular weight is 395 g/mol. The van der Waals surface area contributed by atoms with Crippen LogP contribution in [0.5, 0.6) is 17.2 Å². The summed E-state index contributed by atoms with van der Waals surface area (Å²) < 4.78 is 11.3. The number of pyridine rings is 1. The molecule has 3 rings (SSSR count). The van der Waals surface area contributed by atoms with Gasteiger partial charge in [-0.2, -0.15) is 0 Å². The molecule has 0 aliphatic carbocycles. The number of para-hydroxylation sites is 1. The van der Waals surface area contributed by atoms with Crippen molar-refractivity contribution in [3.05, 3.63) is 64.3 Å². The van der Waals surface area contributed by atoms with Crippen molar-refractivity contribution < 1.29 is 19.2 Å². The maximum atomic E-state index is 12.0. The lowest BCUT2D eigenvalue weighted by molar-refractivity contribution is -0.383. The van der Waals surface area contributed by atoms with E-state index in [1.54, 1.807) is 36.4 Å². The number of hydrogen-bond donors (Lipinski definition) is 1. The number of nitro groups is 1. The van der Waals surface area contributed by atoms with E-state index in [9.17, 15) is 14.9 Å². The van der Waals surface area contributed by atoms with Gasteiger partial charge in [-0.1, -0.05) is 12.1 Å². The van der Waals surface area contributed by atoms with Gasteiger partial charge in [0.15, 0.2) is 5.52 Å². The van der Waals surface area contributed by atoms with Crippen LogP contribution < -0.4 is 14.8 Å². The Hall–Kier alpha value is -3.68. The van der Waals surface area contributed by atoms with Crippen molar-refractivity contribution in [3.63, 3.8) is 0 Å². The summed E-state index contributed by atoms with van der Waals surface area (Å²) in [7, 11) is 0. The number of ether oxygens (including phenoxy) is 2. The molecule has 0 saturated heterocycles. The number of carbonyl (C=O) groups is 1. The Balaban J connectivity index is 1.92. The Kier molecular flexibility index (Phi) is 5.36. The molecule has 3 aromatic rings. The summed E-state index contributed by atoms with van der Waals surface area (Å²) >= 11 is 0. The Labute approximate surface area is 167 Å². The summed E-state index contributed by atoms with van der Waals surface area (Å²) in [5.41, 5.74) is 0.528. The van der Waals surface area contributed by atoms with Gasteiger partial charge in [-0.3, -0.25) is 10.1 Å². The van der Waals surface area contributed by atoms with Crippen LogP contribution in [0.15, 0.2) is 48.7 Å². The molecule has 0 aliphatic rings. The van der Waals surface area contributed by atoms with E-state index < -0.39 is 16.6 Å². The molecule has 0 radical (unpaired) electrons. The molecule has 1 heterocycles. The van der Waals surface area contributed by atoms with Crippen LogP contribution in [-0.2, 0) is 0 Å². The maximum absolute atomic E-state index is 12.0. The summed E-state index contributed by atoms with van der Waals surface area (Å²) in [6.45, 7) is 7.41. The van der Waals surface area contributed by atoms with Crippen LogP contribution >= 0.6 is 0 Å². The summed E-state index contributed by atoms with van der Waals surface area (Å²) in [5, 5.41) is 14.5. The lowest BCUT2D eigenvalue weighted by Crippen LogP contribution is -2.42. The van der Waals surface area contributed by atoms with Crippen molar-refractivity contribution in [1.82, 2.24) is 10.3 Å². The average Bonchev–Trinajstić information content (AvgIpc) is 2.62. The Morgan fingerprint density at radius 2 is 1.90 bits per heavy atom. The van der Waals surface area contributed by atoms with Gasteiger partial charge in [-0.25, -0.2) is 9.78 Å². The lowest BCUT2D eigenvalue weighted by Gasteiger charge is -2.20. The number of amides is 1. The van der Waals surface area contributed by atoms with Gasteiger partial charge in [0.25, 0.3) is 5.69 Å². The molecule has 0 unspecified atom stereocenters. The number of carbonyl (C=O) groups excluding carboxylic acids is 1. The molecule has 0 saturated carbocycles. The third kappa shape index (κ3) is 4.78. The van der Waals surface area contributed by atoms with E-state index in [0.717, 1.165) is 5.56 Å². The topological polar surface area (TPSA) is 104 Å². The first-order valence-electron chi connectivity index (χ1n) is 8.95. The maximum Gasteiger partial charge on any atom is 0.413 e. The van der Waals surface area contributed by atoms with Crippen LogP contribution in [0.25, 0.3) is 10.9 Å². The first kappa shape index (κ1) is 20.1. The third-order valence-electron chi connectivity index (χ3n) is 3.97. The number of fused-ring (bicyclic) bond motifs is 1. The molecule has 1 amide bonds. The van der Waals surface area contributed by atoms with E-state index in [1.807, 2.05) is 27.7 Å². The molecule has 150 valence electrons. The zero-order valence-corrected chi connectivity index (χ0v) is 16.6. The second-order valence-electron chi connectivity index (χ2n) is 7.53. The van der Waals surface area contributed by atoms with E-state index in [1.165, 1.54) is 12.3 Å². The molecule has 0 aliphatic heterocycles. The quantitative estimate of drug-likeness (QED) is 0.485. The van der Waals surface area contributed by atoms with E-state index >= 15 is 0 Å². The van der Waals surface area contributed by atoms with Crippen molar-refractivity contribution in [2.75, 3.05) is 0 Å². The largest absolute Gasteiger partial charge is 0.456 e. The Morgan fingerprint density at radius 3 is 2.59 bits per heavy atom. The number of benzene rings is 2. The smallest absolute Gasteiger partial charge is 0.413 e. The molecule has 2 aromatic carbocycles. The molecule has 0 atom stereocenters. The number of nitro benzene ring substituents is 1. The summed E-state index contributed by atoms with van der Waals surface area (Å²) in [4.78, 5) is 26.9. The molecular formula is C21H21N3O5. The minimum Gasteiger partial charge on any atom is -0.456 e. The summed E-state index contributed by atoms with van der Waals surface area (Å²) in [5.74, 6) is 1.19. The monoisotopic (exact) mass is 395 g/mol. The standard InChI is InChI=1S/C21H21N3O5/c1-13-8-9-14(28-20(25)23-21(2,3)4)12-18(13)29-17-10-11-22-19-15(17)6-5-7-16(19)24(26)27/h5-12H,1-4H3,(H,23,25). The van der Waals surface area contributed by atoms with Crippen molar-refractivity contribution in [1.29, 1.82) is 0 Å². The molecule has 0 fully saturated rings. The SMILES string of the molecule is Cc1ccc(OC(=O)NC(C)(C)C)cc1Oc1ccnc2c([N+](=O)[O-])cccc12. The predicted octanol–water partition coefficient (Wildman–Crippen LogP) is 5.13. The van der Waals surface area contributed by atoms with Gasteiger partial charge in [0, 0.05) is 23.9 Å². The fourth-order valence-corrected chi connectivity index (χ4v) is 2.68. The van der Waals surface area contributed by atoms with Crippen LogP contribution in [0.2, 0.25) is 0 Å². The van der Waals surface area contributed by atoms with E-state index in [4.69, 9.17) is 9.47 Å². The fourth-order valence-electron chi connectivity index (χ4n) is 2.68. The van der Waals surface area contributed by atoms with Gasteiger partial charge >= 0.3 is 6.09 Å². The molecule has 8 heteroatoms. The van der Waals surface area contributed by atoms with E-state index in [0.29, 0.717) is 22.6 Å². The van der Waals surface area contributed by atoms with E-state index in [-0.39, 0.29) is 11.2 Å². The predicted molar refractivity (Wildman–Crippen MR) is 109 cm³/mol. The van der Waals surface area contributed by atoms with E-state index in [2.05, 4.69) is 10.3 Å². The van der Waals surface area contributed by atoms with Crippen LogP contribution in [0.4, 0.5) is 10.5 Å². The number of nitrogens with zero attached hydrogens (tertiary/aromatic N) is 2. The van der Waals surface area contributed by atoms with Gasteiger partial charge in [0.2, 0.25) is 0 Å². The number of aromatic nitrogens is 1. The zero-order chi connectivity index (χ0) is 21.2. The minimum absolute atomic E-state index is 0.0967. The number of non-ortho nitro benzene ring substituents is 1. The van der Waals surface area contributed by atoms with Crippen molar-refractivity contribution in [2.45, 2.75) is 33.2 Å². The van der Waals surface area contributed by atoms with Gasteiger partial charge in [-0.15, -0.1) is 0 Å². The molecule has 0 bridgehead atoms. The van der Waals surface area contributed by atoms with Gasteiger partial charge in [0.1, 0.15) is 17.2 Å². The highest BCUT2D eigenvalue weighted by atomic mass is 16.6. The molecule has 29 heavy (non-hydrogen) atoms. The number of aryl methyl sites for hydroxylation is 1. The minimum atomic E-state index is -0.572. The molecule has 1 N–H and O–H groups in total. The second kappa shape index (κ2) is 7.75. The molecule has 8 nitrogen and oxygen atoms in total. The zero-order valence-electron chi connectivity index (χ0n) is 16.6. The Bertz CT molecular complexity index is 1090. The van der Waals surface area contributed by atoms with Gasteiger partial charge in [0.05, 0.1) is 10.3 Å². The third-order valence-corrected chi connectivity index (χ3v) is 3.97. The highest BCUT2D eigenvalue weighted by Crippen LogP contribution is 2.35. The first-order valence-corrected chi connectivity index (χ1v) is 8.95. The summed E-state index contributed by atoms with van der Waals surface area (Å²) in [6.07, 6.45) is 0.884. The number of hydrogen-bond acceptors (Lipinski definition) is 6. The normalized spacial score (nSPS) is 11.2. The highest BCUT2D eigenvalue weighted by molar-refractivity contribution is 5.91.